The first kappa shape index (κ1) is 12.9. The van der Waals surface area contributed by atoms with Crippen LogP contribution in [0.3, 0.4) is 0 Å². The molecule has 2 N–H and O–H groups in total. The minimum Gasteiger partial charge on any atom is -0.391 e. The lowest BCUT2D eigenvalue weighted by molar-refractivity contribution is 0.0464. The number of piperidine rings is 1. The van der Waals surface area contributed by atoms with Gasteiger partial charge >= 0.3 is 6.03 Å². The van der Waals surface area contributed by atoms with E-state index in [1.165, 1.54) is 0 Å². The molecule has 0 radical (unpaired) electrons. The second kappa shape index (κ2) is 5.40. The van der Waals surface area contributed by atoms with Gasteiger partial charge in [0.05, 0.1) is 6.10 Å². The van der Waals surface area contributed by atoms with Gasteiger partial charge in [-0.2, -0.15) is 0 Å². The highest BCUT2D eigenvalue weighted by Crippen LogP contribution is 2.19. The molecule has 98 valence electrons. The van der Waals surface area contributed by atoms with Crippen molar-refractivity contribution < 1.29 is 9.90 Å². The van der Waals surface area contributed by atoms with Gasteiger partial charge in [-0.3, -0.25) is 0 Å². The molecule has 2 atom stereocenters. The number of urea groups is 1. The summed E-state index contributed by atoms with van der Waals surface area (Å²) in [6.07, 6.45) is 0.434. The van der Waals surface area contributed by atoms with Gasteiger partial charge < -0.3 is 15.3 Å². The number of hydrogen-bond acceptors (Lipinski definition) is 2. The number of aliphatic hydroxyl groups is 1. The Morgan fingerprint density at radius 1 is 1.44 bits per heavy atom. The van der Waals surface area contributed by atoms with Crippen LogP contribution in [0.25, 0.3) is 0 Å². The Morgan fingerprint density at radius 3 is 2.83 bits per heavy atom. The van der Waals surface area contributed by atoms with Crippen molar-refractivity contribution in [1.82, 2.24) is 4.90 Å². The second-order valence-corrected chi connectivity index (χ2v) is 5.02. The molecule has 1 aliphatic rings. The van der Waals surface area contributed by atoms with Crippen molar-refractivity contribution in [2.75, 3.05) is 18.4 Å². The number of carbonyl (C=O) groups is 1. The summed E-state index contributed by atoms with van der Waals surface area (Å²) in [6.45, 7) is 5.10. The molecular formula is C14H20N2O2. The first-order valence-corrected chi connectivity index (χ1v) is 6.37. The van der Waals surface area contributed by atoms with Crippen LogP contribution in [-0.4, -0.2) is 35.2 Å². The molecule has 1 aromatic carbocycles. The standard InChI is InChI=1S/C14H20N2O2/c1-10-5-3-4-6-12(10)15-14(18)16-8-7-11(2)13(17)9-16/h3-6,11,13,17H,7-9H2,1-2H3,(H,15,18). The summed E-state index contributed by atoms with van der Waals surface area (Å²) in [5.74, 6) is 0.271. The van der Waals surface area contributed by atoms with Gasteiger partial charge in [-0.15, -0.1) is 0 Å². The third-order valence-corrected chi connectivity index (χ3v) is 3.59. The number of likely N-dealkylation sites (tertiary alicyclic amines) is 1. The SMILES string of the molecule is Cc1ccccc1NC(=O)N1CCC(C)C(O)C1. The number of hydrogen-bond donors (Lipinski definition) is 2. The van der Waals surface area contributed by atoms with Crippen LogP contribution in [0.2, 0.25) is 0 Å². The van der Waals surface area contributed by atoms with Gasteiger partial charge in [0.25, 0.3) is 0 Å². The highest BCUT2D eigenvalue weighted by molar-refractivity contribution is 5.90. The van der Waals surface area contributed by atoms with E-state index in [0.29, 0.717) is 13.1 Å². The van der Waals surface area contributed by atoms with Crippen LogP contribution < -0.4 is 5.32 Å². The van der Waals surface area contributed by atoms with Crippen LogP contribution in [-0.2, 0) is 0 Å². The van der Waals surface area contributed by atoms with Gasteiger partial charge in [-0.05, 0) is 30.9 Å². The van der Waals surface area contributed by atoms with Gasteiger partial charge in [0.15, 0.2) is 0 Å². The second-order valence-electron chi connectivity index (χ2n) is 5.02. The molecule has 1 aromatic rings. The monoisotopic (exact) mass is 248 g/mol. The first-order chi connectivity index (χ1) is 8.58. The van der Waals surface area contributed by atoms with E-state index < -0.39 is 6.10 Å². The summed E-state index contributed by atoms with van der Waals surface area (Å²) < 4.78 is 0. The van der Waals surface area contributed by atoms with Crippen molar-refractivity contribution in [1.29, 1.82) is 0 Å². The maximum absolute atomic E-state index is 12.1. The normalized spacial score (nSPS) is 23.8. The first-order valence-electron chi connectivity index (χ1n) is 6.37. The van der Waals surface area contributed by atoms with E-state index in [2.05, 4.69) is 5.32 Å². The smallest absolute Gasteiger partial charge is 0.321 e. The Kier molecular flexibility index (Phi) is 3.87. The summed E-state index contributed by atoms with van der Waals surface area (Å²) in [6, 6.07) is 7.56. The maximum Gasteiger partial charge on any atom is 0.321 e. The third-order valence-electron chi connectivity index (χ3n) is 3.59. The molecule has 2 amide bonds. The highest BCUT2D eigenvalue weighted by Gasteiger charge is 2.27. The van der Waals surface area contributed by atoms with E-state index in [-0.39, 0.29) is 11.9 Å². The lowest BCUT2D eigenvalue weighted by Gasteiger charge is -2.34. The molecule has 1 fully saturated rings. The van der Waals surface area contributed by atoms with E-state index in [0.717, 1.165) is 17.7 Å². The van der Waals surface area contributed by atoms with Gasteiger partial charge in [-0.25, -0.2) is 4.79 Å². The molecular weight excluding hydrogens is 228 g/mol. The molecule has 1 saturated heterocycles. The average Bonchev–Trinajstić information content (AvgIpc) is 2.35. The number of para-hydroxylation sites is 1. The maximum atomic E-state index is 12.1. The fourth-order valence-corrected chi connectivity index (χ4v) is 2.14. The Morgan fingerprint density at radius 2 is 2.17 bits per heavy atom. The number of rotatable bonds is 1. The van der Waals surface area contributed by atoms with Crippen LogP contribution >= 0.6 is 0 Å². The van der Waals surface area contributed by atoms with E-state index in [4.69, 9.17) is 0 Å². The van der Waals surface area contributed by atoms with E-state index in [1.807, 2.05) is 38.1 Å². The molecule has 0 spiro atoms. The molecule has 4 nitrogen and oxygen atoms in total. The summed E-state index contributed by atoms with van der Waals surface area (Å²) in [5, 5.41) is 12.7. The van der Waals surface area contributed by atoms with Gasteiger partial charge in [0, 0.05) is 18.8 Å². The van der Waals surface area contributed by atoms with Crippen molar-refractivity contribution in [3.63, 3.8) is 0 Å². The predicted octanol–water partition coefficient (Wildman–Crippen LogP) is 2.23. The zero-order valence-electron chi connectivity index (χ0n) is 10.9. The number of carbonyl (C=O) groups excluding carboxylic acids is 1. The van der Waals surface area contributed by atoms with Crippen LogP contribution in [0.1, 0.15) is 18.9 Å². The summed E-state index contributed by atoms with van der Waals surface area (Å²) in [4.78, 5) is 13.8. The quantitative estimate of drug-likeness (QED) is 0.800. The van der Waals surface area contributed by atoms with Gasteiger partial charge in [-0.1, -0.05) is 25.1 Å². The van der Waals surface area contributed by atoms with Gasteiger partial charge in [0.1, 0.15) is 0 Å². The predicted molar refractivity (Wildman–Crippen MR) is 71.6 cm³/mol. The number of benzene rings is 1. The molecule has 2 rings (SSSR count). The molecule has 0 saturated carbocycles. The summed E-state index contributed by atoms with van der Waals surface area (Å²) >= 11 is 0. The van der Waals surface area contributed by atoms with Crippen LogP contribution in [0, 0.1) is 12.8 Å². The number of amides is 2. The van der Waals surface area contributed by atoms with Gasteiger partial charge in [0.2, 0.25) is 0 Å². The number of β-amino-alcohol motifs (C(OH)–C–C–N with tert-alkyl or cyclic N) is 1. The van der Waals surface area contributed by atoms with Crippen molar-refractivity contribution in [2.24, 2.45) is 5.92 Å². The van der Waals surface area contributed by atoms with Crippen LogP contribution in [0.4, 0.5) is 10.5 Å². The Labute approximate surface area is 108 Å². The van der Waals surface area contributed by atoms with Crippen LogP contribution in [0.5, 0.6) is 0 Å². The largest absolute Gasteiger partial charge is 0.391 e. The fourth-order valence-electron chi connectivity index (χ4n) is 2.14. The van der Waals surface area contributed by atoms with Crippen molar-refractivity contribution in [3.8, 4) is 0 Å². The van der Waals surface area contributed by atoms with Crippen LogP contribution in [0.15, 0.2) is 24.3 Å². The summed E-state index contributed by atoms with van der Waals surface area (Å²) in [7, 11) is 0. The average molecular weight is 248 g/mol. The lowest BCUT2D eigenvalue weighted by Crippen LogP contribution is -2.47. The Bertz CT molecular complexity index is 434. The molecule has 0 aromatic heterocycles. The minimum absolute atomic E-state index is 0.129. The molecule has 18 heavy (non-hydrogen) atoms. The fraction of sp³-hybridized carbons (Fsp3) is 0.500. The van der Waals surface area contributed by atoms with E-state index in [1.54, 1.807) is 4.90 Å². The molecule has 1 heterocycles. The number of anilines is 1. The zero-order chi connectivity index (χ0) is 13.1. The third kappa shape index (κ3) is 2.82. The molecule has 0 bridgehead atoms. The molecule has 2 unspecified atom stereocenters. The summed E-state index contributed by atoms with van der Waals surface area (Å²) in [5.41, 5.74) is 1.87. The molecule has 1 aliphatic heterocycles. The topological polar surface area (TPSA) is 52.6 Å². The van der Waals surface area contributed by atoms with Crippen molar-refractivity contribution in [3.05, 3.63) is 29.8 Å². The van der Waals surface area contributed by atoms with Crippen molar-refractivity contribution >= 4 is 11.7 Å². The Balaban J connectivity index is 1.99. The molecule has 0 aliphatic carbocycles. The number of nitrogens with one attached hydrogen (secondary N) is 1. The van der Waals surface area contributed by atoms with E-state index >= 15 is 0 Å². The number of aryl methyl sites for hydroxylation is 1. The molecule has 4 heteroatoms. The number of nitrogens with zero attached hydrogens (tertiary/aromatic N) is 1. The zero-order valence-corrected chi connectivity index (χ0v) is 10.9. The lowest BCUT2D eigenvalue weighted by atomic mass is 9.96. The number of aliphatic hydroxyl groups excluding tert-OH is 1. The minimum atomic E-state index is -0.415. The van der Waals surface area contributed by atoms with Crippen molar-refractivity contribution in [2.45, 2.75) is 26.4 Å². The Hall–Kier alpha value is -1.55. The van der Waals surface area contributed by atoms with E-state index in [9.17, 15) is 9.90 Å². The highest BCUT2D eigenvalue weighted by atomic mass is 16.3.